The van der Waals surface area contributed by atoms with Crippen LogP contribution in [0.4, 0.5) is 0 Å². The zero-order valence-electron chi connectivity index (χ0n) is 17.2. The van der Waals surface area contributed by atoms with Crippen molar-refractivity contribution in [1.29, 1.82) is 0 Å². The number of hydrogen-bond acceptors (Lipinski definition) is 5. The molecule has 0 aliphatic heterocycles. The summed E-state index contributed by atoms with van der Waals surface area (Å²) in [6, 6.07) is 0. The quantitative estimate of drug-likeness (QED) is 0.130. The molecule has 0 radical (unpaired) electrons. The van der Waals surface area contributed by atoms with Crippen molar-refractivity contribution in [2.45, 2.75) is 103 Å². The third-order valence-electron chi connectivity index (χ3n) is 3.83. The van der Waals surface area contributed by atoms with Crippen LogP contribution in [-0.4, -0.2) is 22.6 Å². The largest absolute Gasteiger partial charge is 1.00 e. The first-order valence-electron chi connectivity index (χ1n) is 9.37. The smallest absolute Gasteiger partial charge is 0.759 e. The van der Waals surface area contributed by atoms with Crippen LogP contribution in [-0.2, 0) is 10.4 Å². The molecule has 0 aliphatic carbocycles. The van der Waals surface area contributed by atoms with Gasteiger partial charge in [-0.1, -0.05) is 96.5 Å². The zero-order chi connectivity index (χ0) is 18.5. The predicted molar refractivity (Wildman–Crippen MR) is 97.2 cm³/mol. The molecule has 0 atom stereocenters. The fraction of sp³-hybridized carbons (Fsp3) is 0.889. The Morgan fingerprint density at radius 2 is 0.962 bits per heavy atom. The molecule has 26 heavy (non-hydrogen) atoms. The third-order valence-corrected chi connectivity index (χ3v) is 3.83. The van der Waals surface area contributed by atoms with Crippen LogP contribution < -0.4 is 59.1 Å². The summed E-state index contributed by atoms with van der Waals surface area (Å²) in [5.74, 6) is 0. The van der Waals surface area contributed by atoms with Crippen LogP contribution in [0.2, 0.25) is 0 Å². The SMILES string of the molecule is CCCCCCCCCCCCCCCCC=CO.O=S(=O)([O-])[O-].[Na+].[Na+]. The Morgan fingerprint density at radius 3 is 1.23 bits per heavy atom. The second kappa shape index (κ2) is 28.6. The molecule has 1 N–H and O–H groups in total. The van der Waals surface area contributed by atoms with E-state index in [-0.39, 0.29) is 59.1 Å². The molecular weight excluding hydrogens is 374 g/mol. The van der Waals surface area contributed by atoms with E-state index < -0.39 is 10.4 Å². The molecule has 0 aromatic carbocycles. The monoisotopic (exact) mass is 410 g/mol. The van der Waals surface area contributed by atoms with Crippen molar-refractivity contribution in [1.82, 2.24) is 0 Å². The van der Waals surface area contributed by atoms with E-state index in [9.17, 15) is 0 Å². The molecule has 0 saturated carbocycles. The van der Waals surface area contributed by atoms with E-state index >= 15 is 0 Å². The first kappa shape index (κ1) is 34.9. The molecule has 0 bridgehead atoms. The predicted octanol–water partition coefficient (Wildman–Crippen LogP) is -0.400. The molecule has 0 spiro atoms. The first-order valence-corrected chi connectivity index (χ1v) is 10.7. The molecule has 0 fully saturated rings. The minimum atomic E-state index is -5.17. The maximum absolute atomic E-state index is 8.52. The van der Waals surface area contributed by atoms with E-state index in [4.69, 9.17) is 22.6 Å². The number of aliphatic hydroxyl groups excluding tert-OH is 1. The molecule has 0 heterocycles. The van der Waals surface area contributed by atoms with Crippen molar-refractivity contribution in [3.05, 3.63) is 12.3 Å². The summed E-state index contributed by atoms with van der Waals surface area (Å²) in [7, 11) is -5.17. The summed E-state index contributed by atoms with van der Waals surface area (Å²) in [4.78, 5) is 0. The minimum Gasteiger partial charge on any atom is -0.759 e. The van der Waals surface area contributed by atoms with Gasteiger partial charge < -0.3 is 14.2 Å². The van der Waals surface area contributed by atoms with Gasteiger partial charge in [0.05, 0.1) is 6.26 Å². The average Bonchev–Trinajstić information content (AvgIpc) is 2.49. The van der Waals surface area contributed by atoms with Gasteiger partial charge in [0.25, 0.3) is 0 Å². The van der Waals surface area contributed by atoms with Crippen LogP contribution in [0.1, 0.15) is 103 Å². The Labute approximate surface area is 206 Å². The van der Waals surface area contributed by atoms with Crippen LogP contribution in [0.5, 0.6) is 0 Å². The van der Waals surface area contributed by atoms with Crippen LogP contribution in [0.15, 0.2) is 12.3 Å². The minimum absolute atomic E-state index is 0. The van der Waals surface area contributed by atoms with Crippen molar-refractivity contribution in [2.24, 2.45) is 0 Å². The van der Waals surface area contributed by atoms with Crippen LogP contribution in [0, 0.1) is 0 Å². The number of unbranched alkanes of at least 4 members (excludes halogenated alkanes) is 14. The maximum atomic E-state index is 8.52. The Morgan fingerprint density at radius 1 is 0.692 bits per heavy atom. The van der Waals surface area contributed by atoms with Crippen molar-refractivity contribution >= 4 is 10.4 Å². The summed E-state index contributed by atoms with van der Waals surface area (Å²) in [5.41, 5.74) is 0. The second-order valence-electron chi connectivity index (χ2n) is 6.18. The van der Waals surface area contributed by atoms with E-state index in [1.54, 1.807) is 0 Å². The molecule has 0 amide bonds. The van der Waals surface area contributed by atoms with Gasteiger partial charge in [-0.3, -0.25) is 8.42 Å². The Balaban J connectivity index is -0.000000304. The molecule has 5 nitrogen and oxygen atoms in total. The van der Waals surface area contributed by atoms with Gasteiger partial charge in [-0.2, -0.15) is 0 Å². The third kappa shape index (κ3) is 50.0. The van der Waals surface area contributed by atoms with Crippen LogP contribution in [0.3, 0.4) is 0 Å². The van der Waals surface area contributed by atoms with Gasteiger partial charge in [-0.25, -0.2) is 0 Å². The fourth-order valence-corrected chi connectivity index (χ4v) is 2.53. The van der Waals surface area contributed by atoms with Gasteiger partial charge in [0.1, 0.15) is 0 Å². The topological polar surface area (TPSA) is 100 Å². The molecule has 0 aliphatic rings. The molecular formula is C18H36Na2O5S. The summed E-state index contributed by atoms with van der Waals surface area (Å²) in [6.07, 6.45) is 23.7. The van der Waals surface area contributed by atoms with E-state index in [1.807, 2.05) is 6.08 Å². The number of aliphatic hydroxyl groups is 1. The van der Waals surface area contributed by atoms with Gasteiger partial charge in [-0.05, 0) is 12.8 Å². The summed E-state index contributed by atoms with van der Waals surface area (Å²) < 4.78 is 34.1. The Hall–Kier alpha value is 1.41. The first-order chi connectivity index (χ1) is 11.4. The van der Waals surface area contributed by atoms with Crippen LogP contribution in [0.25, 0.3) is 0 Å². The van der Waals surface area contributed by atoms with Crippen molar-refractivity contribution in [2.75, 3.05) is 0 Å². The molecule has 8 heteroatoms. The van der Waals surface area contributed by atoms with Crippen molar-refractivity contribution in [3.8, 4) is 0 Å². The van der Waals surface area contributed by atoms with E-state index in [2.05, 4.69) is 6.92 Å². The molecule has 0 aromatic rings. The molecule has 146 valence electrons. The summed E-state index contributed by atoms with van der Waals surface area (Å²) >= 11 is 0. The van der Waals surface area contributed by atoms with Gasteiger partial charge in [0.2, 0.25) is 0 Å². The second-order valence-corrected chi connectivity index (χ2v) is 6.99. The van der Waals surface area contributed by atoms with Crippen molar-refractivity contribution in [3.63, 3.8) is 0 Å². The van der Waals surface area contributed by atoms with E-state index in [1.165, 1.54) is 96.2 Å². The molecule has 0 saturated heterocycles. The Kier molecular flexibility index (Phi) is 38.4. The molecule has 0 unspecified atom stereocenters. The summed E-state index contributed by atoms with van der Waals surface area (Å²) in [6.45, 7) is 2.28. The molecule has 0 rings (SSSR count). The molecule has 0 aromatic heterocycles. The van der Waals surface area contributed by atoms with Gasteiger partial charge in [-0.15, -0.1) is 0 Å². The summed E-state index contributed by atoms with van der Waals surface area (Å²) in [5, 5.41) is 8.49. The van der Waals surface area contributed by atoms with E-state index in [0.29, 0.717) is 0 Å². The van der Waals surface area contributed by atoms with Gasteiger partial charge >= 0.3 is 59.1 Å². The average molecular weight is 411 g/mol. The number of hydrogen-bond donors (Lipinski definition) is 1. The Bertz CT molecular complexity index is 355. The normalized spacial score (nSPS) is 10.6. The zero-order valence-corrected chi connectivity index (χ0v) is 22.1. The number of allylic oxidation sites excluding steroid dienone is 1. The van der Waals surface area contributed by atoms with Crippen LogP contribution >= 0.6 is 0 Å². The van der Waals surface area contributed by atoms with Gasteiger partial charge in [0.15, 0.2) is 0 Å². The van der Waals surface area contributed by atoms with Gasteiger partial charge in [0, 0.05) is 10.4 Å². The van der Waals surface area contributed by atoms with E-state index in [0.717, 1.165) is 6.42 Å². The number of rotatable bonds is 15. The van der Waals surface area contributed by atoms with Crippen molar-refractivity contribution < 1.29 is 81.7 Å². The fourth-order valence-electron chi connectivity index (χ4n) is 2.53. The standard InChI is InChI=1S/C18H36O.2Na.H2O4S/c1-2-3-4-5-6-7-8-9-10-11-12-13-14-15-16-17-18-19;;;1-5(2,3)4/h17-19H,2-16H2,1H3;;;(H2,1,2,3,4)/q;2*+1;/p-2. The maximum Gasteiger partial charge on any atom is 1.00 e.